The van der Waals surface area contributed by atoms with Crippen molar-refractivity contribution in [3.8, 4) is 0 Å². The van der Waals surface area contributed by atoms with Gasteiger partial charge in [0.1, 0.15) is 28.2 Å². The number of hydrogen-bond donors (Lipinski definition) is 1. The molecule has 0 radical (unpaired) electrons. The van der Waals surface area contributed by atoms with E-state index in [1.165, 1.54) is 18.1 Å². The van der Waals surface area contributed by atoms with Crippen LogP contribution in [0.3, 0.4) is 0 Å². The van der Waals surface area contributed by atoms with Gasteiger partial charge in [-0.1, -0.05) is 19.9 Å². The summed E-state index contributed by atoms with van der Waals surface area (Å²) in [5, 5.41) is 5.30. The average Bonchev–Trinajstić information content (AvgIpc) is 2.94. The summed E-state index contributed by atoms with van der Waals surface area (Å²) >= 11 is 0. The van der Waals surface area contributed by atoms with E-state index in [9.17, 15) is 12.8 Å². The van der Waals surface area contributed by atoms with Crippen LogP contribution in [0.25, 0.3) is 10.8 Å². The second-order valence-electron chi connectivity index (χ2n) is 12.4. The molecule has 0 spiro atoms. The van der Waals surface area contributed by atoms with Crippen molar-refractivity contribution in [3.05, 3.63) is 36.3 Å². The lowest BCUT2D eigenvalue weighted by Gasteiger charge is -2.48. The predicted molar refractivity (Wildman–Crippen MR) is 169 cm³/mol. The fourth-order valence-electron chi connectivity index (χ4n) is 5.91. The number of aromatic nitrogens is 4. The Balaban J connectivity index is 1.32. The first-order chi connectivity index (χ1) is 20.4. The number of pyridine rings is 1. The van der Waals surface area contributed by atoms with E-state index in [1.54, 1.807) is 0 Å². The van der Waals surface area contributed by atoms with Crippen LogP contribution < -0.4 is 15.1 Å². The zero-order valence-electron chi connectivity index (χ0n) is 25.9. The number of sulfone groups is 1. The van der Waals surface area contributed by atoms with E-state index in [1.807, 2.05) is 36.2 Å². The minimum Gasteiger partial charge on any atom is -0.374 e. The lowest BCUT2D eigenvalue weighted by atomic mass is 9.88. The van der Waals surface area contributed by atoms with Crippen LogP contribution in [0.5, 0.6) is 0 Å². The van der Waals surface area contributed by atoms with E-state index >= 15 is 0 Å². The van der Waals surface area contributed by atoms with Crippen LogP contribution in [0.4, 0.5) is 27.8 Å². The lowest BCUT2D eigenvalue weighted by Crippen LogP contribution is -2.57. The summed E-state index contributed by atoms with van der Waals surface area (Å²) < 4.78 is 44.4. The Bertz CT molecular complexity index is 1540. The molecule has 4 heterocycles. The maximum atomic E-state index is 14.9. The van der Waals surface area contributed by atoms with Gasteiger partial charge in [-0.05, 0) is 56.4 Å². The zero-order valence-corrected chi connectivity index (χ0v) is 26.7. The van der Waals surface area contributed by atoms with E-state index in [0.717, 1.165) is 23.0 Å². The molecule has 0 unspecified atom stereocenters. The normalized spacial score (nSPS) is 22.8. The molecule has 234 valence electrons. The largest absolute Gasteiger partial charge is 0.374 e. The molecule has 1 N–H and O–H groups in total. The molecule has 2 fully saturated rings. The molecule has 2 aliphatic heterocycles. The zero-order chi connectivity index (χ0) is 30.9. The predicted octanol–water partition coefficient (Wildman–Crippen LogP) is 3.65. The molecule has 2 aromatic heterocycles. The first-order valence-electron chi connectivity index (χ1n) is 14.9. The maximum Gasteiger partial charge on any atom is 0.233 e. The van der Waals surface area contributed by atoms with Crippen LogP contribution in [0, 0.1) is 5.92 Å². The van der Waals surface area contributed by atoms with E-state index in [-0.39, 0.29) is 30.2 Å². The smallest absolute Gasteiger partial charge is 0.233 e. The number of nitrogens with zero attached hydrogens (tertiary/aromatic N) is 7. The number of piperidine rings is 1. The summed E-state index contributed by atoms with van der Waals surface area (Å²) in [5.74, 6) is 1.92. The van der Waals surface area contributed by atoms with Gasteiger partial charge >= 0.3 is 0 Å². The third-order valence-corrected chi connectivity index (χ3v) is 9.43. The Morgan fingerprint density at radius 2 is 1.95 bits per heavy atom. The van der Waals surface area contributed by atoms with Crippen LogP contribution in [0.15, 0.2) is 30.7 Å². The van der Waals surface area contributed by atoms with Crippen molar-refractivity contribution >= 4 is 44.0 Å². The standard InChI is InChI=1S/C30H43FN8O3S/c1-19(2)22-7-8-26(39-15-21(20(39)3)17-43(6,40)41)24-14-32-28(13-23(22)24)35-29-33-18-34-30(36-29)38-10-9-27(25(31)16-38)42-12-11-37(4)5/h7-8,13-14,18-21,25,27H,9-12,15-17H2,1-6H3,(H,32,33,34,35,36)/t20-,21-,25-,27+/m1/s1. The number of rotatable bonds is 11. The summed E-state index contributed by atoms with van der Waals surface area (Å²) in [6.45, 7) is 9.08. The van der Waals surface area contributed by atoms with E-state index in [2.05, 4.69) is 63.1 Å². The fourth-order valence-corrected chi connectivity index (χ4v) is 7.07. The Morgan fingerprint density at radius 1 is 1.16 bits per heavy atom. The number of likely N-dealkylation sites (N-methyl/N-ethyl adjacent to an activating group) is 1. The van der Waals surface area contributed by atoms with Gasteiger partial charge in [-0.25, -0.2) is 27.8 Å². The maximum absolute atomic E-state index is 14.9. The van der Waals surface area contributed by atoms with Crippen molar-refractivity contribution in [1.29, 1.82) is 0 Å². The van der Waals surface area contributed by atoms with Crippen molar-refractivity contribution < 1.29 is 17.5 Å². The highest BCUT2D eigenvalue weighted by atomic mass is 32.2. The fraction of sp³-hybridized carbons (Fsp3) is 0.600. The average molecular weight is 615 g/mol. The Hall–Kier alpha value is -3.16. The van der Waals surface area contributed by atoms with Gasteiger partial charge in [0.05, 0.1) is 25.0 Å². The van der Waals surface area contributed by atoms with Crippen LogP contribution in [0.2, 0.25) is 0 Å². The van der Waals surface area contributed by atoms with E-state index in [4.69, 9.17) is 4.74 Å². The van der Waals surface area contributed by atoms with Gasteiger partial charge in [0.15, 0.2) is 0 Å². The van der Waals surface area contributed by atoms with Gasteiger partial charge in [-0.15, -0.1) is 0 Å². The third-order valence-electron chi connectivity index (χ3n) is 8.40. The topological polar surface area (TPSA) is 117 Å². The van der Waals surface area contributed by atoms with Gasteiger partial charge in [0, 0.05) is 55.1 Å². The van der Waals surface area contributed by atoms with Crippen LogP contribution in [0.1, 0.15) is 38.7 Å². The molecule has 0 aliphatic carbocycles. The molecule has 11 nitrogen and oxygen atoms in total. The van der Waals surface area contributed by atoms with Crippen molar-refractivity contribution in [2.24, 2.45) is 5.92 Å². The lowest BCUT2D eigenvalue weighted by molar-refractivity contribution is -0.0174. The SMILES string of the molecule is CC(C)c1ccc(N2C[C@H](CS(C)(=O)=O)[C@H]2C)c2cnc(Nc3ncnc(N4CC[C@H](OCCN(C)C)[C@H](F)C4)n3)cc12. The number of halogens is 1. The van der Waals surface area contributed by atoms with E-state index < -0.39 is 22.1 Å². The number of fused-ring (bicyclic) bond motifs is 1. The summed E-state index contributed by atoms with van der Waals surface area (Å²) in [6, 6.07) is 6.38. The highest BCUT2D eigenvalue weighted by Crippen LogP contribution is 2.39. The monoisotopic (exact) mass is 614 g/mol. The van der Waals surface area contributed by atoms with Crippen LogP contribution in [-0.2, 0) is 14.6 Å². The molecule has 0 saturated carbocycles. The Labute approximate surface area is 253 Å². The van der Waals surface area contributed by atoms with Gasteiger partial charge in [0.25, 0.3) is 0 Å². The summed E-state index contributed by atoms with van der Waals surface area (Å²) in [5.41, 5.74) is 2.24. The third kappa shape index (κ3) is 7.32. The quantitative estimate of drug-likeness (QED) is 0.341. The number of alkyl halides is 1. The van der Waals surface area contributed by atoms with Crippen molar-refractivity contribution in [2.75, 3.05) is 74.0 Å². The van der Waals surface area contributed by atoms with Gasteiger partial charge < -0.3 is 24.8 Å². The summed E-state index contributed by atoms with van der Waals surface area (Å²) in [7, 11) is 0.898. The number of anilines is 4. The number of benzene rings is 1. The van der Waals surface area contributed by atoms with Crippen molar-refractivity contribution in [1.82, 2.24) is 24.8 Å². The van der Waals surface area contributed by atoms with Gasteiger partial charge in [0.2, 0.25) is 11.9 Å². The van der Waals surface area contributed by atoms with Crippen LogP contribution >= 0.6 is 0 Å². The molecule has 2 saturated heterocycles. The first kappa shape index (κ1) is 31.3. The molecule has 3 aromatic rings. The first-order valence-corrected chi connectivity index (χ1v) is 16.9. The molecular formula is C30H43FN8O3S. The summed E-state index contributed by atoms with van der Waals surface area (Å²) in [6.07, 6.45) is 3.57. The van der Waals surface area contributed by atoms with Crippen LogP contribution in [-0.4, -0.2) is 110 Å². The molecule has 43 heavy (non-hydrogen) atoms. The molecule has 0 amide bonds. The Morgan fingerprint density at radius 3 is 2.63 bits per heavy atom. The van der Waals surface area contributed by atoms with E-state index in [0.29, 0.717) is 43.8 Å². The molecule has 4 atom stereocenters. The molecule has 1 aromatic carbocycles. The van der Waals surface area contributed by atoms with Crippen molar-refractivity contribution in [3.63, 3.8) is 0 Å². The minimum absolute atomic E-state index is 0.107. The minimum atomic E-state index is -3.03. The number of nitrogens with one attached hydrogen (secondary N) is 1. The number of ether oxygens (including phenoxy) is 1. The molecule has 13 heteroatoms. The van der Waals surface area contributed by atoms with Gasteiger partial charge in [-0.2, -0.15) is 4.98 Å². The molecule has 2 aliphatic rings. The van der Waals surface area contributed by atoms with Gasteiger partial charge in [-0.3, -0.25) is 0 Å². The second kappa shape index (κ2) is 12.8. The summed E-state index contributed by atoms with van der Waals surface area (Å²) in [4.78, 5) is 23.9. The molecule has 0 bridgehead atoms. The molecule has 5 rings (SSSR count). The highest BCUT2D eigenvalue weighted by Gasteiger charge is 2.38. The second-order valence-corrected chi connectivity index (χ2v) is 14.6. The van der Waals surface area contributed by atoms with Crippen molar-refractivity contribution in [2.45, 2.75) is 51.4 Å². The Kier molecular flexibility index (Phi) is 9.33. The number of hydrogen-bond acceptors (Lipinski definition) is 11. The molecular weight excluding hydrogens is 571 g/mol. The highest BCUT2D eigenvalue weighted by molar-refractivity contribution is 7.90.